The van der Waals surface area contributed by atoms with Gasteiger partial charge in [0.2, 0.25) is 5.91 Å². The lowest BCUT2D eigenvalue weighted by Crippen LogP contribution is -2.41. The molecule has 48 heavy (non-hydrogen) atoms. The van der Waals surface area contributed by atoms with Crippen LogP contribution >= 0.6 is 24.0 Å². The van der Waals surface area contributed by atoms with Crippen LogP contribution in [0.2, 0.25) is 0 Å². The number of imidazole rings is 2. The van der Waals surface area contributed by atoms with E-state index in [1.165, 1.54) is 36.0 Å². The van der Waals surface area contributed by atoms with Crippen molar-refractivity contribution in [3.05, 3.63) is 114 Å². The molecule has 0 spiro atoms. The summed E-state index contributed by atoms with van der Waals surface area (Å²) in [5.41, 5.74) is 7.00. The normalized spacial score (nSPS) is 12.8. The first-order valence-corrected chi connectivity index (χ1v) is 16.5. The first-order valence-electron chi connectivity index (χ1n) is 15.1. The van der Waals surface area contributed by atoms with Gasteiger partial charge in [-0.1, -0.05) is 11.8 Å². The zero-order valence-corrected chi connectivity index (χ0v) is 27.5. The van der Waals surface area contributed by atoms with Crippen LogP contribution in [0.5, 0.6) is 0 Å². The lowest BCUT2D eigenvalue weighted by Gasteiger charge is -2.26. The highest BCUT2D eigenvalue weighted by molar-refractivity contribution is 7.99. The maximum Gasteiger partial charge on any atom is 0.233 e. The van der Waals surface area contributed by atoms with Crippen LogP contribution in [0.4, 0.5) is 8.78 Å². The third-order valence-corrected chi connectivity index (χ3v) is 8.86. The largest absolute Gasteiger partial charge is 0.378 e. The Bertz CT molecular complexity index is 2030. The van der Waals surface area contributed by atoms with Gasteiger partial charge in [0.1, 0.15) is 11.6 Å². The molecule has 1 amide bonds. The Morgan fingerprint density at radius 1 is 0.792 bits per heavy atom. The van der Waals surface area contributed by atoms with Gasteiger partial charge in [-0.2, -0.15) is 0 Å². The smallest absolute Gasteiger partial charge is 0.233 e. The first kappa shape index (κ1) is 32.9. The molecule has 13 heteroatoms. The molecule has 244 valence electrons. The maximum absolute atomic E-state index is 13.4. The molecule has 0 saturated carbocycles. The topological polar surface area (TPSA) is 105 Å². The van der Waals surface area contributed by atoms with Crippen molar-refractivity contribution < 1.29 is 18.3 Å². The average Bonchev–Trinajstić information content (AvgIpc) is 3.68. The molecule has 9 nitrogen and oxygen atoms in total. The van der Waals surface area contributed by atoms with E-state index in [9.17, 15) is 13.6 Å². The summed E-state index contributed by atoms with van der Waals surface area (Å²) in [4.78, 5) is 33.4. The molecule has 5 heterocycles. The fourth-order valence-electron chi connectivity index (χ4n) is 5.24. The number of pyridine rings is 2. The number of aromatic nitrogens is 6. The molecule has 6 aromatic rings. The van der Waals surface area contributed by atoms with Gasteiger partial charge in [0.15, 0.2) is 9.93 Å². The van der Waals surface area contributed by atoms with Crippen LogP contribution < -0.4 is 0 Å². The van der Waals surface area contributed by atoms with E-state index in [1.807, 2.05) is 40.8 Å². The molecule has 2 aromatic carbocycles. The van der Waals surface area contributed by atoms with E-state index in [0.717, 1.165) is 50.2 Å². The quantitative estimate of drug-likeness (QED) is 0.136. The Kier molecular flexibility index (Phi) is 10.5. The highest BCUT2D eigenvalue weighted by atomic mass is 32.2. The van der Waals surface area contributed by atoms with E-state index >= 15 is 0 Å². The Balaban J connectivity index is 0.000000182. The third kappa shape index (κ3) is 7.76. The Hall–Kier alpha value is -4.98. The van der Waals surface area contributed by atoms with Gasteiger partial charge in [-0.3, -0.25) is 14.8 Å². The van der Waals surface area contributed by atoms with Gasteiger partial charge in [0, 0.05) is 67.2 Å². The number of nitrogens with zero attached hydrogens (tertiary/aromatic N) is 5. The lowest BCUT2D eigenvalue weighted by atomic mass is 10.1. The van der Waals surface area contributed by atoms with Crippen LogP contribution in [0.15, 0.2) is 103 Å². The number of H-pyrrole nitrogens is 2. The van der Waals surface area contributed by atoms with E-state index in [4.69, 9.17) is 21.9 Å². The van der Waals surface area contributed by atoms with Crippen molar-refractivity contribution in [3.8, 4) is 45.0 Å². The minimum atomic E-state index is -0.291. The minimum absolute atomic E-state index is 0.0788. The number of ether oxygens (including phenoxy) is 1. The number of hydrogen-bond acceptors (Lipinski definition) is 7. The maximum atomic E-state index is 13.4. The number of rotatable bonds is 7. The van der Waals surface area contributed by atoms with Crippen molar-refractivity contribution in [1.29, 1.82) is 0 Å². The summed E-state index contributed by atoms with van der Waals surface area (Å²) in [6.07, 6.45) is 6.89. The SMILES string of the molecule is Cn1c(SCC(=O)N2CCOCC2)nc(-c2ccc(F)cc2)c1-c1ccncc1.Fc1ccc(-c2[nH]c(=S)[nH]c2-c2ccncc2)cc1. The summed E-state index contributed by atoms with van der Waals surface area (Å²) >= 11 is 6.55. The lowest BCUT2D eigenvalue weighted by molar-refractivity contribution is -0.132. The summed E-state index contributed by atoms with van der Waals surface area (Å²) < 4.78 is 34.2. The summed E-state index contributed by atoms with van der Waals surface area (Å²) in [5, 5.41) is 0.734. The number of hydrogen-bond donors (Lipinski definition) is 2. The van der Waals surface area contributed by atoms with Crippen LogP contribution in [0.25, 0.3) is 45.0 Å². The molecule has 1 aliphatic heterocycles. The molecular formula is C35H31F2N7O2S2. The van der Waals surface area contributed by atoms with Crippen molar-refractivity contribution >= 4 is 29.9 Å². The van der Waals surface area contributed by atoms with Gasteiger partial charge in [-0.15, -0.1) is 0 Å². The van der Waals surface area contributed by atoms with Crippen LogP contribution in [0, 0.1) is 16.4 Å². The van der Waals surface area contributed by atoms with Crippen molar-refractivity contribution in [3.63, 3.8) is 0 Å². The first-order chi connectivity index (χ1) is 23.4. The highest BCUT2D eigenvalue weighted by Crippen LogP contribution is 2.35. The van der Waals surface area contributed by atoms with Crippen LogP contribution in [-0.4, -0.2) is 72.4 Å². The number of nitrogens with one attached hydrogen (secondary N) is 2. The van der Waals surface area contributed by atoms with Gasteiger partial charge in [0.25, 0.3) is 0 Å². The second kappa shape index (κ2) is 15.3. The van der Waals surface area contributed by atoms with E-state index in [2.05, 4.69) is 19.9 Å². The van der Waals surface area contributed by atoms with Crippen molar-refractivity contribution in [2.24, 2.45) is 7.05 Å². The van der Waals surface area contributed by atoms with Crippen LogP contribution in [0.1, 0.15) is 0 Å². The molecular weight excluding hydrogens is 653 g/mol. The number of carbonyl (C=O) groups excluding carboxylic acids is 1. The molecule has 4 aromatic heterocycles. The van der Waals surface area contributed by atoms with Crippen LogP contribution in [-0.2, 0) is 16.6 Å². The molecule has 1 aliphatic rings. The molecule has 7 rings (SSSR count). The summed E-state index contributed by atoms with van der Waals surface area (Å²) in [5.74, 6) is -0.164. The number of thioether (sulfide) groups is 1. The Labute approximate surface area is 285 Å². The molecule has 1 fully saturated rings. The van der Waals surface area contributed by atoms with Crippen molar-refractivity contribution in [2.75, 3.05) is 32.1 Å². The number of halogens is 2. The molecule has 0 unspecified atom stereocenters. The number of aromatic amines is 2. The van der Waals surface area contributed by atoms with Crippen molar-refractivity contribution in [2.45, 2.75) is 5.16 Å². The Morgan fingerprint density at radius 3 is 1.85 bits per heavy atom. The third-order valence-electron chi connectivity index (χ3n) is 7.64. The van der Waals surface area contributed by atoms with E-state index in [1.54, 1.807) is 49.1 Å². The minimum Gasteiger partial charge on any atom is -0.378 e. The fourth-order valence-corrected chi connectivity index (χ4v) is 6.32. The Morgan fingerprint density at radius 2 is 1.29 bits per heavy atom. The molecule has 1 saturated heterocycles. The second-order valence-electron chi connectivity index (χ2n) is 10.7. The van der Waals surface area contributed by atoms with Crippen LogP contribution in [0.3, 0.4) is 0 Å². The molecule has 2 N–H and O–H groups in total. The zero-order chi connectivity index (χ0) is 33.5. The zero-order valence-electron chi connectivity index (χ0n) is 25.9. The summed E-state index contributed by atoms with van der Waals surface area (Å²) in [6, 6.07) is 20.2. The summed E-state index contributed by atoms with van der Waals surface area (Å²) in [7, 11) is 1.93. The molecule has 0 bridgehead atoms. The monoisotopic (exact) mass is 683 g/mol. The number of benzene rings is 2. The van der Waals surface area contributed by atoms with Gasteiger partial charge in [-0.05, 0) is 85.0 Å². The standard InChI is InChI=1S/C21H21FN4O2S.C14H10FN3S/c1-25-20(16-6-8-23-9-7-16)19(15-2-4-17(22)5-3-15)24-21(25)29-14-18(27)26-10-12-28-13-11-26;15-11-3-1-9(2-4-11)12-13(18-14(19)17-12)10-5-7-16-8-6-10/h2-9H,10-14H2,1H3;1-8H,(H2,17,18,19). The van der Waals surface area contributed by atoms with Gasteiger partial charge in [0.05, 0.1) is 41.7 Å². The average molecular weight is 684 g/mol. The van der Waals surface area contributed by atoms with E-state index in [0.29, 0.717) is 36.8 Å². The number of morpholine rings is 1. The molecule has 0 radical (unpaired) electrons. The van der Waals surface area contributed by atoms with E-state index < -0.39 is 0 Å². The molecule has 0 atom stereocenters. The van der Waals surface area contributed by atoms with Crippen molar-refractivity contribution in [1.82, 2.24) is 34.4 Å². The second-order valence-corrected chi connectivity index (χ2v) is 12.1. The molecule has 0 aliphatic carbocycles. The number of amides is 1. The highest BCUT2D eigenvalue weighted by Gasteiger charge is 2.21. The van der Waals surface area contributed by atoms with Gasteiger partial charge < -0.3 is 24.2 Å². The van der Waals surface area contributed by atoms with Gasteiger partial charge >= 0.3 is 0 Å². The predicted octanol–water partition coefficient (Wildman–Crippen LogP) is 7.18. The number of carbonyl (C=O) groups is 1. The predicted molar refractivity (Wildman–Crippen MR) is 185 cm³/mol. The van der Waals surface area contributed by atoms with Gasteiger partial charge in [-0.25, -0.2) is 13.8 Å². The summed E-state index contributed by atoms with van der Waals surface area (Å²) in [6.45, 7) is 2.42. The fraction of sp³-hybridized carbons (Fsp3) is 0.171. The van der Waals surface area contributed by atoms with E-state index in [-0.39, 0.29) is 17.5 Å².